The summed E-state index contributed by atoms with van der Waals surface area (Å²) >= 11 is 0. The van der Waals surface area contributed by atoms with Gasteiger partial charge in [-0.2, -0.15) is 0 Å². The largest absolute Gasteiger partial charge is 0.462 e. The quantitative estimate of drug-likeness (QED) is 0.803. The highest BCUT2D eigenvalue weighted by Crippen LogP contribution is 2.26. The molecular formula is C18H25NO3. The van der Waals surface area contributed by atoms with Gasteiger partial charge < -0.3 is 10.1 Å². The first kappa shape index (κ1) is 16.5. The first-order valence-corrected chi connectivity index (χ1v) is 8.26. The van der Waals surface area contributed by atoms with Crippen molar-refractivity contribution in [3.8, 4) is 0 Å². The fourth-order valence-corrected chi connectivity index (χ4v) is 2.87. The molecule has 4 nitrogen and oxygen atoms in total. The van der Waals surface area contributed by atoms with Crippen molar-refractivity contribution < 1.29 is 14.3 Å². The number of nitrogens with one attached hydrogen (secondary N) is 1. The molecule has 0 saturated heterocycles. The molecule has 2 rings (SSSR count). The summed E-state index contributed by atoms with van der Waals surface area (Å²) in [5.41, 5.74) is 1.13. The molecule has 120 valence electrons. The molecule has 0 aliphatic heterocycles. The molecule has 0 aromatic heterocycles. The van der Waals surface area contributed by atoms with Crippen LogP contribution in [0.1, 0.15) is 62.2 Å². The molecule has 1 aliphatic carbocycles. The van der Waals surface area contributed by atoms with Gasteiger partial charge in [0.1, 0.15) is 0 Å². The third-order valence-electron chi connectivity index (χ3n) is 4.02. The number of esters is 1. The van der Waals surface area contributed by atoms with Gasteiger partial charge in [-0.25, -0.2) is 4.79 Å². The molecule has 1 fully saturated rings. The van der Waals surface area contributed by atoms with Crippen molar-refractivity contribution in [2.75, 3.05) is 11.9 Å². The Morgan fingerprint density at radius 3 is 2.73 bits per heavy atom. The van der Waals surface area contributed by atoms with Crippen LogP contribution in [-0.2, 0) is 9.53 Å². The second kappa shape index (κ2) is 8.57. The summed E-state index contributed by atoms with van der Waals surface area (Å²) in [4.78, 5) is 23.9. The van der Waals surface area contributed by atoms with Crippen LogP contribution in [-0.4, -0.2) is 18.5 Å². The van der Waals surface area contributed by atoms with E-state index in [1.807, 2.05) is 6.92 Å². The van der Waals surface area contributed by atoms with E-state index in [2.05, 4.69) is 5.32 Å². The van der Waals surface area contributed by atoms with Crippen LogP contribution in [0, 0.1) is 5.92 Å². The maximum absolute atomic E-state index is 12.1. The smallest absolute Gasteiger partial charge is 0.338 e. The Morgan fingerprint density at radius 1 is 1.23 bits per heavy atom. The lowest BCUT2D eigenvalue weighted by atomic mass is 9.87. The molecule has 1 aromatic rings. The van der Waals surface area contributed by atoms with Crippen LogP contribution in [0.5, 0.6) is 0 Å². The van der Waals surface area contributed by atoms with Gasteiger partial charge in [0, 0.05) is 12.1 Å². The lowest BCUT2D eigenvalue weighted by molar-refractivity contribution is -0.117. The fraction of sp³-hybridized carbons (Fsp3) is 0.556. The molecular weight excluding hydrogens is 278 g/mol. The van der Waals surface area contributed by atoms with Gasteiger partial charge in [0.2, 0.25) is 5.91 Å². The van der Waals surface area contributed by atoms with Crippen LogP contribution in [0.4, 0.5) is 5.69 Å². The molecule has 1 N–H and O–H groups in total. The summed E-state index contributed by atoms with van der Waals surface area (Å²) < 4.78 is 5.11. The number of carbonyl (C=O) groups is 2. The lowest BCUT2D eigenvalue weighted by Gasteiger charge is -2.20. The number of amides is 1. The molecule has 0 bridgehead atoms. The van der Waals surface area contributed by atoms with E-state index in [0.717, 1.165) is 19.3 Å². The van der Waals surface area contributed by atoms with E-state index in [-0.39, 0.29) is 11.9 Å². The molecule has 0 spiro atoms. The number of rotatable bonds is 6. The Labute approximate surface area is 132 Å². The summed E-state index contributed by atoms with van der Waals surface area (Å²) in [5, 5.41) is 2.89. The van der Waals surface area contributed by atoms with Crippen molar-refractivity contribution in [1.82, 2.24) is 0 Å². The minimum Gasteiger partial charge on any atom is -0.462 e. The van der Waals surface area contributed by atoms with Crippen LogP contribution in [0.2, 0.25) is 0 Å². The van der Waals surface area contributed by atoms with E-state index in [4.69, 9.17) is 4.74 Å². The highest BCUT2D eigenvalue weighted by molar-refractivity contribution is 5.94. The summed E-state index contributed by atoms with van der Waals surface area (Å²) in [6, 6.07) is 6.94. The number of hydrogen-bond acceptors (Lipinski definition) is 3. The van der Waals surface area contributed by atoms with E-state index in [9.17, 15) is 9.59 Å². The zero-order valence-electron chi connectivity index (χ0n) is 13.3. The van der Waals surface area contributed by atoms with Gasteiger partial charge in [-0.3, -0.25) is 4.79 Å². The number of benzene rings is 1. The number of anilines is 1. The van der Waals surface area contributed by atoms with E-state index < -0.39 is 0 Å². The molecule has 1 amide bonds. The average Bonchev–Trinajstić information content (AvgIpc) is 2.53. The molecule has 1 aliphatic rings. The number of carbonyl (C=O) groups excluding carboxylic acids is 2. The van der Waals surface area contributed by atoms with Gasteiger partial charge in [-0.15, -0.1) is 0 Å². The predicted molar refractivity (Wildman–Crippen MR) is 86.8 cm³/mol. The Bertz CT molecular complexity index is 507. The van der Waals surface area contributed by atoms with Crippen molar-refractivity contribution in [2.45, 2.75) is 51.9 Å². The van der Waals surface area contributed by atoms with Gasteiger partial charge in [0.05, 0.1) is 12.2 Å². The molecule has 22 heavy (non-hydrogen) atoms. The van der Waals surface area contributed by atoms with Gasteiger partial charge in [-0.05, 0) is 43.4 Å². The maximum atomic E-state index is 12.1. The van der Waals surface area contributed by atoms with E-state index in [1.165, 1.54) is 19.3 Å². The summed E-state index contributed by atoms with van der Waals surface area (Å²) in [5.74, 6) is 0.197. The molecule has 0 atom stereocenters. The fourth-order valence-electron chi connectivity index (χ4n) is 2.87. The highest BCUT2D eigenvalue weighted by atomic mass is 16.5. The Balaban J connectivity index is 1.88. The SMILES string of the molecule is CCCOC(=O)c1cccc(NC(=O)CC2CCCCC2)c1. The minimum atomic E-state index is -0.342. The molecule has 4 heteroatoms. The third-order valence-corrected chi connectivity index (χ3v) is 4.02. The number of hydrogen-bond donors (Lipinski definition) is 1. The van der Waals surface area contributed by atoms with E-state index >= 15 is 0 Å². The maximum Gasteiger partial charge on any atom is 0.338 e. The third kappa shape index (κ3) is 5.17. The van der Waals surface area contributed by atoms with Gasteiger partial charge in [-0.1, -0.05) is 32.3 Å². The monoisotopic (exact) mass is 303 g/mol. The topological polar surface area (TPSA) is 55.4 Å². The zero-order valence-corrected chi connectivity index (χ0v) is 13.3. The van der Waals surface area contributed by atoms with Gasteiger partial charge in [0.25, 0.3) is 0 Å². The molecule has 0 unspecified atom stereocenters. The van der Waals surface area contributed by atoms with Crippen molar-refractivity contribution in [2.24, 2.45) is 5.92 Å². The Kier molecular flexibility index (Phi) is 6.44. The van der Waals surface area contributed by atoms with E-state index in [0.29, 0.717) is 30.2 Å². The second-order valence-corrected chi connectivity index (χ2v) is 5.97. The van der Waals surface area contributed by atoms with Crippen LogP contribution in [0.25, 0.3) is 0 Å². The van der Waals surface area contributed by atoms with Crippen molar-refractivity contribution in [3.05, 3.63) is 29.8 Å². The summed E-state index contributed by atoms with van der Waals surface area (Å²) in [6.45, 7) is 2.37. The minimum absolute atomic E-state index is 0.0333. The lowest BCUT2D eigenvalue weighted by Crippen LogP contribution is -2.18. The summed E-state index contributed by atoms with van der Waals surface area (Å²) in [6.07, 6.45) is 7.43. The van der Waals surface area contributed by atoms with Crippen molar-refractivity contribution >= 4 is 17.6 Å². The van der Waals surface area contributed by atoms with Gasteiger partial charge in [0.15, 0.2) is 0 Å². The van der Waals surface area contributed by atoms with Crippen molar-refractivity contribution in [3.63, 3.8) is 0 Å². The van der Waals surface area contributed by atoms with Crippen molar-refractivity contribution in [1.29, 1.82) is 0 Å². The Morgan fingerprint density at radius 2 is 2.00 bits per heavy atom. The standard InChI is InChI=1S/C18H25NO3/c1-2-11-22-18(21)15-9-6-10-16(13-15)19-17(20)12-14-7-4-3-5-8-14/h6,9-10,13-14H,2-5,7-8,11-12H2,1H3,(H,19,20). The van der Waals surface area contributed by atoms with Crippen LogP contribution >= 0.6 is 0 Å². The van der Waals surface area contributed by atoms with Crippen LogP contribution < -0.4 is 5.32 Å². The first-order valence-electron chi connectivity index (χ1n) is 8.26. The molecule has 1 saturated carbocycles. The molecule has 0 heterocycles. The predicted octanol–water partition coefficient (Wildman–Crippen LogP) is 4.16. The second-order valence-electron chi connectivity index (χ2n) is 5.97. The van der Waals surface area contributed by atoms with Crippen LogP contribution in [0.15, 0.2) is 24.3 Å². The molecule has 1 aromatic carbocycles. The van der Waals surface area contributed by atoms with Crippen LogP contribution in [0.3, 0.4) is 0 Å². The Hall–Kier alpha value is -1.84. The average molecular weight is 303 g/mol. The van der Waals surface area contributed by atoms with E-state index in [1.54, 1.807) is 24.3 Å². The summed E-state index contributed by atoms with van der Waals surface area (Å²) in [7, 11) is 0. The normalized spacial score (nSPS) is 15.3. The number of ether oxygens (including phenoxy) is 1. The van der Waals surface area contributed by atoms with Gasteiger partial charge >= 0.3 is 5.97 Å². The first-order chi connectivity index (χ1) is 10.7. The molecule has 0 radical (unpaired) electrons. The zero-order chi connectivity index (χ0) is 15.8. The highest BCUT2D eigenvalue weighted by Gasteiger charge is 2.17.